The van der Waals surface area contributed by atoms with Crippen LogP contribution in [0.15, 0.2) is 4.99 Å². The van der Waals surface area contributed by atoms with Crippen molar-refractivity contribution in [3.05, 3.63) is 0 Å². The second-order valence-electron chi connectivity index (χ2n) is 1.84. The van der Waals surface area contributed by atoms with Crippen LogP contribution in [0.3, 0.4) is 0 Å². The van der Waals surface area contributed by atoms with Gasteiger partial charge >= 0.3 is 0 Å². The van der Waals surface area contributed by atoms with Gasteiger partial charge in [-0.15, -0.1) is 0 Å². The van der Waals surface area contributed by atoms with Gasteiger partial charge in [-0.1, -0.05) is 11.8 Å². The molecule has 0 radical (unpaired) electrons. The summed E-state index contributed by atoms with van der Waals surface area (Å²) < 4.78 is 0. The molecule has 0 saturated carbocycles. The van der Waals surface area contributed by atoms with Crippen LogP contribution in [-0.4, -0.2) is 41.3 Å². The summed E-state index contributed by atoms with van der Waals surface area (Å²) in [4.78, 5) is 6.12. The summed E-state index contributed by atoms with van der Waals surface area (Å²) >= 11 is 1.67. The number of β-amino-alcohol motifs (C(OH)–C–C–N with tert-alkyl or cyclic N) is 1. The van der Waals surface area contributed by atoms with Gasteiger partial charge in [-0.05, 0) is 0 Å². The molecule has 0 bridgehead atoms. The molecule has 0 spiro atoms. The van der Waals surface area contributed by atoms with E-state index in [1.54, 1.807) is 11.8 Å². The minimum Gasteiger partial charge on any atom is -0.395 e. The number of hydrogen-bond acceptors (Lipinski definition) is 4. The van der Waals surface area contributed by atoms with Crippen LogP contribution in [-0.2, 0) is 0 Å². The highest BCUT2D eigenvalue weighted by atomic mass is 32.2. The smallest absolute Gasteiger partial charge is 0.0923 e. The predicted molar refractivity (Wildman–Crippen MR) is 39.6 cm³/mol. The lowest BCUT2D eigenvalue weighted by Gasteiger charge is -2.19. The molecule has 1 rings (SSSR count). The van der Waals surface area contributed by atoms with Crippen LogP contribution in [0.5, 0.6) is 0 Å². The van der Waals surface area contributed by atoms with E-state index < -0.39 is 0 Å². The highest BCUT2D eigenvalue weighted by molar-refractivity contribution is 8.12. The number of thioether (sulfide) groups is 1. The summed E-state index contributed by atoms with van der Waals surface area (Å²) in [6, 6.07) is 0. The van der Waals surface area contributed by atoms with Gasteiger partial charge in [-0.3, -0.25) is 9.89 Å². The molecule has 1 heterocycles. The van der Waals surface area contributed by atoms with Crippen molar-refractivity contribution in [2.45, 2.75) is 0 Å². The van der Waals surface area contributed by atoms with Crippen molar-refractivity contribution in [1.29, 1.82) is 0 Å². The van der Waals surface area contributed by atoms with Crippen molar-refractivity contribution >= 4 is 17.3 Å². The van der Waals surface area contributed by atoms with E-state index in [-0.39, 0.29) is 6.61 Å². The third-order valence-electron chi connectivity index (χ3n) is 1.10. The third kappa shape index (κ3) is 2.34. The van der Waals surface area contributed by atoms with Gasteiger partial charge in [0.25, 0.3) is 0 Å². The summed E-state index contributed by atoms with van der Waals surface area (Å²) in [7, 11) is 0. The molecule has 0 saturated heterocycles. The summed E-state index contributed by atoms with van der Waals surface area (Å²) in [5, 5.41) is 8.52. The second kappa shape index (κ2) is 3.87. The largest absolute Gasteiger partial charge is 0.395 e. The van der Waals surface area contributed by atoms with Crippen molar-refractivity contribution in [3.63, 3.8) is 0 Å². The van der Waals surface area contributed by atoms with Crippen LogP contribution >= 0.6 is 11.8 Å². The number of nitrogens with zero attached hydrogens (tertiary/aromatic N) is 2. The monoisotopic (exact) mass is 146 g/mol. The quantitative estimate of drug-likeness (QED) is 0.594. The molecular formula is C5H10N2OS. The lowest BCUT2D eigenvalue weighted by atomic mass is 10.6. The molecule has 9 heavy (non-hydrogen) atoms. The molecule has 0 atom stereocenters. The minimum atomic E-state index is 0.232. The Hall–Kier alpha value is -0.0600. The lowest BCUT2D eigenvalue weighted by molar-refractivity contribution is 0.219. The standard InChI is InChI=1S/C5H10N2OS/c8-2-1-7-3-6-4-9-5-7/h4,8H,1-3,5H2. The zero-order chi connectivity index (χ0) is 6.53. The first-order valence-corrected chi connectivity index (χ1v) is 3.91. The highest BCUT2D eigenvalue weighted by Gasteiger charge is 2.04. The van der Waals surface area contributed by atoms with E-state index in [2.05, 4.69) is 9.89 Å². The van der Waals surface area contributed by atoms with Gasteiger partial charge in [0.1, 0.15) is 0 Å². The summed E-state index contributed by atoms with van der Waals surface area (Å²) in [5.41, 5.74) is 1.86. The van der Waals surface area contributed by atoms with E-state index >= 15 is 0 Å². The van der Waals surface area contributed by atoms with E-state index in [4.69, 9.17) is 5.11 Å². The number of aliphatic hydroxyl groups is 1. The van der Waals surface area contributed by atoms with E-state index in [9.17, 15) is 0 Å². The number of hydrogen-bond donors (Lipinski definition) is 1. The van der Waals surface area contributed by atoms with Crippen molar-refractivity contribution in [3.8, 4) is 0 Å². The Kier molecular flexibility index (Phi) is 3.03. The van der Waals surface area contributed by atoms with Gasteiger partial charge in [-0.2, -0.15) is 0 Å². The maximum Gasteiger partial charge on any atom is 0.0923 e. The first kappa shape index (κ1) is 7.05. The van der Waals surface area contributed by atoms with Gasteiger partial charge in [-0.25, -0.2) is 0 Å². The Morgan fingerprint density at radius 1 is 1.78 bits per heavy atom. The third-order valence-corrected chi connectivity index (χ3v) is 1.92. The van der Waals surface area contributed by atoms with Crippen LogP contribution in [0.1, 0.15) is 0 Å². The van der Waals surface area contributed by atoms with Crippen LogP contribution in [0.2, 0.25) is 0 Å². The molecule has 4 heteroatoms. The topological polar surface area (TPSA) is 35.8 Å². The maximum atomic E-state index is 8.52. The molecular weight excluding hydrogens is 136 g/mol. The molecule has 0 amide bonds. The normalized spacial score (nSPS) is 20.6. The fourth-order valence-corrected chi connectivity index (χ4v) is 1.32. The van der Waals surface area contributed by atoms with E-state index in [1.165, 1.54) is 0 Å². The molecule has 52 valence electrons. The number of rotatable bonds is 2. The molecule has 0 aromatic rings. The second-order valence-corrected chi connectivity index (χ2v) is 2.65. The first-order chi connectivity index (χ1) is 4.43. The Bertz CT molecular complexity index is 107. The maximum absolute atomic E-state index is 8.52. The van der Waals surface area contributed by atoms with E-state index in [1.807, 2.05) is 5.55 Å². The van der Waals surface area contributed by atoms with Crippen LogP contribution < -0.4 is 0 Å². The van der Waals surface area contributed by atoms with Gasteiger partial charge in [0.15, 0.2) is 0 Å². The van der Waals surface area contributed by atoms with Crippen LogP contribution in [0.25, 0.3) is 0 Å². The average molecular weight is 146 g/mol. The summed E-state index contributed by atoms with van der Waals surface area (Å²) in [5.74, 6) is 0.962. The average Bonchev–Trinajstić information content (AvgIpc) is 1.91. The Morgan fingerprint density at radius 2 is 2.67 bits per heavy atom. The van der Waals surface area contributed by atoms with E-state index in [0.29, 0.717) is 0 Å². The van der Waals surface area contributed by atoms with Gasteiger partial charge in [0, 0.05) is 6.54 Å². The molecule has 3 nitrogen and oxygen atoms in total. The molecule has 0 fully saturated rings. The Labute approximate surface area is 58.8 Å². The molecule has 0 unspecified atom stereocenters. The minimum absolute atomic E-state index is 0.232. The SMILES string of the molecule is OCCN1CN=CSC1. The molecule has 1 aliphatic heterocycles. The van der Waals surface area contributed by atoms with E-state index in [0.717, 1.165) is 19.1 Å². The zero-order valence-electron chi connectivity index (χ0n) is 5.16. The van der Waals surface area contributed by atoms with Crippen molar-refractivity contribution in [1.82, 2.24) is 4.90 Å². The zero-order valence-corrected chi connectivity index (χ0v) is 5.97. The first-order valence-electron chi connectivity index (χ1n) is 2.86. The lowest BCUT2D eigenvalue weighted by Crippen LogP contribution is -2.28. The van der Waals surface area contributed by atoms with Gasteiger partial charge in [0.05, 0.1) is 24.7 Å². The predicted octanol–water partition coefficient (Wildman–Crippen LogP) is -0.0292. The molecule has 0 aliphatic carbocycles. The van der Waals surface area contributed by atoms with Crippen molar-refractivity contribution in [2.75, 3.05) is 25.7 Å². The van der Waals surface area contributed by atoms with Gasteiger partial charge in [0.2, 0.25) is 0 Å². The molecule has 1 aliphatic rings. The molecule has 0 aromatic carbocycles. The summed E-state index contributed by atoms with van der Waals surface area (Å²) in [6.45, 7) is 1.72. The van der Waals surface area contributed by atoms with Crippen molar-refractivity contribution < 1.29 is 5.11 Å². The number of aliphatic imine (C=N–C) groups is 1. The Morgan fingerprint density at radius 3 is 3.22 bits per heavy atom. The number of aliphatic hydroxyl groups excluding tert-OH is 1. The summed E-state index contributed by atoms with van der Waals surface area (Å²) in [6.07, 6.45) is 0. The van der Waals surface area contributed by atoms with Crippen LogP contribution in [0, 0.1) is 0 Å². The van der Waals surface area contributed by atoms with Crippen LogP contribution in [0.4, 0.5) is 0 Å². The fourth-order valence-electron chi connectivity index (χ4n) is 0.658. The van der Waals surface area contributed by atoms with Crippen molar-refractivity contribution in [2.24, 2.45) is 4.99 Å². The highest BCUT2D eigenvalue weighted by Crippen LogP contribution is 2.05. The molecule has 0 aromatic heterocycles. The van der Waals surface area contributed by atoms with Gasteiger partial charge < -0.3 is 5.11 Å². The fraction of sp³-hybridized carbons (Fsp3) is 0.800. The Balaban J connectivity index is 2.18. The molecule has 1 N–H and O–H groups in total.